The zero-order valence-electron chi connectivity index (χ0n) is 7.38. The van der Waals surface area contributed by atoms with Crippen molar-refractivity contribution in [2.75, 3.05) is 19.8 Å². The van der Waals surface area contributed by atoms with Gasteiger partial charge in [0.25, 0.3) is 6.47 Å². The number of carbonyl (C=O) groups excluding carboxylic acids is 1. The minimum absolute atomic E-state index is 0.185. The van der Waals surface area contributed by atoms with Crippen molar-refractivity contribution in [3.8, 4) is 0 Å². The molecule has 0 atom stereocenters. The summed E-state index contributed by atoms with van der Waals surface area (Å²) in [6, 6.07) is 0. The molecular formula is C8H10O6. The summed E-state index contributed by atoms with van der Waals surface area (Å²) in [6.07, 6.45) is 0. The third-order valence-electron chi connectivity index (χ3n) is 1.33. The lowest BCUT2D eigenvalue weighted by molar-refractivity contribution is -0.350. The Morgan fingerprint density at radius 1 is 1.07 bits per heavy atom. The molecule has 0 bridgehead atoms. The van der Waals surface area contributed by atoms with Crippen molar-refractivity contribution < 1.29 is 28.8 Å². The molecule has 0 aromatic carbocycles. The molecular weight excluding hydrogens is 192 g/mol. The summed E-state index contributed by atoms with van der Waals surface area (Å²) in [5.74, 6) is 0. The van der Waals surface area contributed by atoms with Crippen molar-refractivity contribution in [1.82, 2.24) is 0 Å². The van der Waals surface area contributed by atoms with Gasteiger partial charge in [0.2, 0.25) is 0 Å². The maximum absolute atomic E-state index is 9.97. The van der Waals surface area contributed by atoms with Crippen LogP contribution in [0.4, 0.5) is 0 Å². The molecule has 0 fully saturated rings. The van der Waals surface area contributed by atoms with Crippen LogP contribution in [0.5, 0.6) is 0 Å². The van der Waals surface area contributed by atoms with Crippen LogP contribution in [-0.2, 0) is 28.8 Å². The number of ether oxygens (including phenoxy) is 3. The standard InChI is InChI=1S/C8H10O6/c1-10-4-8(5-11-2,14-12-3)6-13-7-9/h1-3,7H,4-6H2. The molecule has 0 amide bonds. The predicted molar refractivity (Wildman–Crippen MR) is 41.7 cm³/mol. The van der Waals surface area contributed by atoms with Crippen LogP contribution >= 0.6 is 0 Å². The molecule has 78 valence electrons. The molecule has 6 nitrogen and oxygen atoms in total. The average Bonchev–Trinajstić information content (AvgIpc) is 2.16. The smallest absolute Gasteiger partial charge is 0.293 e. The molecule has 0 aliphatic heterocycles. The van der Waals surface area contributed by atoms with E-state index in [9.17, 15) is 4.79 Å². The Hall–Kier alpha value is -0.690. The Labute approximate surface area is 83.0 Å². The van der Waals surface area contributed by atoms with Gasteiger partial charge < -0.3 is 14.2 Å². The molecule has 0 rings (SSSR count). The molecule has 6 radical (unpaired) electrons. The minimum atomic E-state index is -1.29. The normalized spacial score (nSPS) is 11.4. The zero-order valence-corrected chi connectivity index (χ0v) is 7.38. The van der Waals surface area contributed by atoms with Gasteiger partial charge in [-0.05, 0) is 0 Å². The highest BCUT2D eigenvalue weighted by Gasteiger charge is 2.34. The van der Waals surface area contributed by atoms with Crippen LogP contribution in [0, 0.1) is 21.3 Å². The van der Waals surface area contributed by atoms with Gasteiger partial charge in [0, 0.05) is 0 Å². The first-order valence-electron chi connectivity index (χ1n) is 3.48. The van der Waals surface area contributed by atoms with E-state index in [0.717, 1.165) is 0 Å². The van der Waals surface area contributed by atoms with Crippen molar-refractivity contribution >= 4 is 6.47 Å². The third kappa shape index (κ3) is 4.52. The van der Waals surface area contributed by atoms with Crippen LogP contribution < -0.4 is 0 Å². The van der Waals surface area contributed by atoms with Crippen molar-refractivity contribution in [1.29, 1.82) is 0 Å². The van der Waals surface area contributed by atoms with Gasteiger partial charge in [-0.1, -0.05) is 0 Å². The first kappa shape index (κ1) is 13.3. The maximum atomic E-state index is 9.97. The Bertz CT molecular complexity index is 132. The van der Waals surface area contributed by atoms with Gasteiger partial charge >= 0.3 is 0 Å². The zero-order chi connectivity index (χ0) is 10.9. The van der Waals surface area contributed by atoms with Crippen LogP contribution in [0.2, 0.25) is 0 Å². The molecule has 0 spiro atoms. The van der Waals surface area contributed by atoms with Gasteiger partial charge in [-0.3, -0.25) is 4.79 Å². The molecule has 0 aromatic heterocycles. The summed E-state index contributed by atoms with van der Waals surface area (Å²) in [6.45, 7) is -0.395. The van der Waals surface area contributed by atoms with Crippen molar-refractivity contribution in [2.24, 2.45) is 0 Å². The summed E-state index contributed by atoms with van der Waals surface area (Å²) >= 11 is 0. The molecule has 0 aliphatic rings. The Morgan fingerprint density at radius 3 is 2.00 bits per heavy atom. The molecule has 14 heavy (non-hydrogen) atoms. The van der Waals surface area contributed by atoms with Crippen LogP contribution in [0.1, 0.15) is 0 Å². The van der Waals surface area contributed by atoms with Crippen molar-refractivity contribution in [2.45, 2.75) is 5.60 Å². The fourth-order valence-corrected chi connectivity index (χ4v) is 0.789. The largest absolute Gasteiger partial charge is 0.464 e. The van der Waals surface area contributed by atoms with E-state index in [1.165, 1.54) is 0 Å². The lowest BCUT2D eigenvalue weighted by Crippen LogP contribution is -2.46. The third-order valence-corrected chi connectivity index (χ3v) is 1.33. The van der Waals surface area contributed by atoms with E-state index in [-0.39, 0.29) is 26.3 Å². The number of carbonyl (C=O) groups is 1. The molecule has 0 saturated heterocycles. The summed E-state index contributed by atoms with van der Waals surface area (Å²) in [5, 5.41) is 0. The van der Waals surface area contributed by atoms with E-state index in [0.29, 0.717) is 0 Å². The monoisotopic (exact) mass is 202 g/mol. The number of hydrogen-bond acceptors (Lipinski definition) is 6. The topological polar surface area (TPSA) is 63.2 Å². The SMILES string of the molecule is [CH]OCC(CO[CH])(COC=O)OO[CH]. The van der Waals surface area contributed by atoms with Crippen LogP contribution in [0.25, 0.3) is 0 Å². The second-order valence-corrected chi connectivity index (χ2v) is 2.39. The van der Waals surface area contributed by atoms with Gasteiger partial charge in [0.1, 0.15) is 20.8 Å². The lowest BCUT2D eigenvalue weighted by atomic mass is 10.1. The summed E-state index contributed by atoms with van der Waals surface area (Å²) in [5.41, 5.74) is -1.29. The molecule has 0 N–H and O–H groups in total. The molecule has 0 aromatic rings. The van der Waals surface area contributed by atoms with Gasteiger partial charge in [-0.15, -0.1) is 0 Å². The molecule has 6 heteroatoms. The van der Waals surface area contributed by atoms with Crippen LogP contribution in [0.3, 0.4) is 0 Å². The van der Waals surface area contributed by atoms with E-state index in [1.807, 2.05) is 0 Å². The van der Waals surface area contributed by atoms with Crippen molar-refractivity contribution in [3.63, 3.8) is 0 Å². The molecule has 0 saturated carbocycles. The quantitative estimate of drug-likeness (QED) is 0.295. The first-order chi connectivity index (χ1) is 6.74. The second-order valence-electron chi connectivity index (χ2n) is 2.39. The highest BCUT2D eigenvalue weighted by atomic mass is 17.2. The van der Waals surface area contributed by atoms with Gasteiger partial charge in [0.15, 0.2) is 12.7 Å². The average molecular weight is 202 g/mol. The maximum Gasteiger partial charge on any atom is 0.293 e. The minimum Gasteiger partial charge on any atom is -0.464 e. The summed E-state index contributed by atoms with van der Waals surface area (Å²) in [4.78, 5) is 18.5. The Morgan fingerprint density at radius 2 is 1.64 bits per heavy atom. The van der Waals surface area contributed by atoms with E-state index in [4.69, 9.17) is 14.2 Å². The highest BCUT2D eigenvalue weighted by Crippen LogP contribution is 2.14. The molecule has 0 unspecified atom stereocenters. The molecule has 0 aliphatic carbocycles. The number of rotatable bonds is 9. The highest BCUT2D eigenvalue weighted by molar-refractivity contribution is 5.37. The van der Waals surface area contributed by atoms with E-state index in [1.54, 1.807) is 0 Å². The predicted octanol–water partition coefficient (Wildman–Crippen LogP) is -0.115. The Balaban J connectivity index is 4.28. The molecule has 0 heterocycles. The van der Waals surface area contributed by atoms with E-state index < -0.39 is 5.60 Å². The first-order valence-corrected chi connectivity index (χ1v) is 3.48. The lowest BCUT2D eigenvalue weighted by Gasteiger charge is -2.28. The van der Waals surface area contributed by atoms with E-state index >= 15 is 0 Å². The fourth-order valence-electron chi connectivity index (χ4n) is 0.789. The second kappa shape index (κ2) is 7.69. The fraction of sp³-hybridized carbons (Fsp3) is 0.500. The van der Waals surface area contributed by atoms with E-state index in [2.05, 4.69) is 31.1 Å². The Kier molecular flexibility index (Phi) is 7.31. The summed E-state index contributed by atoms with van der Waals surface area (Å²) in [7, 11) is 14.3. The van der Waals surface area contributed by atoms with Crippen molar-refractivity contribution in [3.05, 3.63) is 21.3 Å². The van der Waals surface area contributed by atoms with Gasteiger partial charge in [-0.2, -0.15) is 0 Å². The van der Waals surface area contributed by atoms with Crippen LogP contribution in [-0.4, -0.2) is 31.9 Å². The van der Waals surface area contributed by atoms with Gasteiger partial charge in [0.05, 0.1) is 13.2 Å². The van der Waals surface area contributed by atoms with Crippen LogP contribution in [0.15, 0.2) is 0 Å². The summed E-state index contributed by atoms with van der Waals surface area (Å²) < 4.78 is 13.1. The van der Waals surface area contributed by atoms with Gasteiger partial charge in [-0.25, -0.2) is 9.78 Å². The number of hydrogen-bond donors (Lipinski definition) is 0.